The van der Waals surface area contributed by atoms with Crippen LogP contribution < -0.4 is 10.6 Å². The van der Waals surface area contributed by atoms with E-state index in [-0.39, 0.29) is 0 Å². The van der Waals surface area contributed by atoms with Gasteiger partial charge in [0.05, 0.1) is 12.2 Å². The molecule has 0 atom stereocenters. The third-order valence-electron chi connectivity index (χ3n) is 5.25. The van der Waals surface area contributed by atoms with E-state index < -0.39 is 0 Å². The number of hydrogen-bond acceptors (Lipinski definition) is 6. The minimum atomic E-state index is 0.447. The summed E-state index contributed by atoms with van der Waals surface area (Å²) in [4.78, 5) is 16.3. The first-order chi connectivity index (χ1) is 14.2. The lowest BCUT2D eigenvalue weighted by Gasteiger charge is -2.31. The number of nitrogens with two attached hydrogens (primary N) is 1. The van der Waals surface area contributed by atoms with E-state index in [0.717, 1.165) is 52.7 Å². The molecule has 0 bridgehead atoms. The molecule has 1 fully saturated rings. The highest BCUT2D eigenvalue weighted by molar-refractivity contribution is 5.83. The second-order valence-corrected chi connectivity index (χ2v) is 7.16. The van der Waals surface area contributed by atoms with E-state index in [2.05, 4.69) is 38.7 Å². The van der Waals surface area contributed by atoms with Crippen LogP contribution in [0.1, 0.15) is 12.0 Å². The average Bonchev–Trinajstić information content (AvgIpc) is 3.06. The Labute approximate surface area is 168 Å². The maximum atomic E-state index is 6.18. The van der Waals surface area contributed by atoms with Crippen molar-refractivity contribution in [1.82, 2.24) is 19.5 Å². The number of methoxy groups -OCH3 is 1. The molecule has 0 radical (unpaired) electrons. The van der Waals surface area contributed by atoms with Gasteiger partial charge in [0.1, 0.15) is 17.2 Å². The van der Waals surface area contributed by atoms with Gasteiger partial charge in [0, 0.05) is 32.1 Å². The number of rotatable bonds is 5. The molecule has 0 amide bonds. The Hall–Kier alpha value is -3.45. The van der Waals surface area contributed by atoms with Gasteiger partial charge in [0.15, 0.2) is 11.5 Å². The standard InChI is InChI=1S/C22H22N6O/c1-29-14-15-5-7-16(8-6-15)28-21(17-4-2-11-24-20(17)23)25-18-9-10-19(26-22(18)28)27-12-3-13-27/h2,4-11H,3,12-14H2,1H3,(H2,23,24). The Morgan fingerprint density at radius 2 is 1.86 bits per heavy atom. The first kappa shape index (κ1) is 17.6. The van der Waals surface area contributed by atoms with Crippen molar-refractivity contribution in [2.75, 3.05) is 30.8 Å². The summed E-state index contributed by atoms with van der Waals surface area (Å²) in [6.45, 7) is 2.66. The molecule has 146 valence electrons. The van der Waals surface area contributed by atoms with E-state index in [4.69, 9.17) is 20.4 Å². The van der Waals surface area contributed by atoms with Crippen molar-refractivity contribution in [2.45, 2.75) is 13.0 Å². The molecular formula is C22H22N6O. The Bertz CT molecular complexity index is 1160. The van der Waals surface area contributed by atoms with Gasteiger partial charge in [-0.05, 0) is 48.4 Å². The minimum Gasteiger partial charge on any atom is -0.383 e. The maximum Gasteiger partial charge on any atom is 0.167 e. The van der Waals surface area contributed by atoms with Gasteiger partial charge in [-0.3, -0.25) is 4.57 Å². The SMILES string of the molecule is COCc1ccc(-n2c(-c3cccnc3N)nc3ccc(N4CCC4)nc32)cc1. The summed E-state index contributed by atoms with van der Waals surface area (Å²) in [5.74, 6) is 2.16. The largest absolute Gasteiger partial charge is 0.383 e. The van der Waals surface area contributed by atoms with Gasteiger partial charge in [-0.25, -0.2) is 15.0 Å². The predicted octanol–water partition coefficient (Wildman–Crippen LogP) is 3.42. The van der Waals surface area contributed by atoms with E-state index in [1.807, 2.05) is 24.3 Å². The molecule has 1 aliphatic rings. The van der Waals surface area contributed by atoms with Crippen LogP contribution in [0.15, 0.2) is 54.7 Å². The summed E-state index contributed by atoms with van der Waals surface area (Å²) in [5.41, 5.74) is 10.7. The zero-order chi connectivity index (χ0) is 19.8. The zero-order valence-electron chi connectivity index (χ0n) is 16.2. The molecule has 1 saturated heterocycles. The number of imidazole rings is 1. The number of aromatic nitrogens is 4. The summed E-state index contributed by atoms with van der Waals surface area (Å²) < 4.78 is 7.29. The molecule has 7 heteroatoms. The molecule has 0 saturated carbocycles. The van der Waals surface area contributed by atoms with Crippen LogP contribution >= 0.6 is 0 Å². The number of hydrogen-bond donors (Lipinski definition) is 1. The second kappa shape index (κ2) is 7.18. The van der Waals surface area contributed by atoms with E-state index in [1.54, 1.807) is 13.3 Å². The fraction of sp³-hybridized carbons (Fsp3) is 0.227. The van der Waals surface area contributed by atoms with Gasteiger partial charge < -0.3 is 15.4 Å². The number of nitrogen functional groups attached to an aromatic ring is 1. The van der Waals surface area contributed by atoms with Gasteiger partial charge in [0.25, 0.3) is 0 Å². The molecule has 7 nitrogen and oxygen atoms in total. The Balaban J connectivity index is 1.72. The van der Waals surface area contributed by atoms with E-state index >= 15 is 0 Å². The molecule has 2 N–H and O–H groups in total. The van der Waals surface area contributed by atoms with E-state index in [9.17, 15) is 0 Å². The van der Waals surface area contributed by atoms with Crippen molar-refractivity contribution in [3.8, 4) is 17.1 Å². The quantitative estimate of drug-likeness (QED) is 0.566. The fourth-order valence-corrected chi connectivity index (χ4v) is 3.61. The van der Waals surface area contributed by atoms with Gasteiger partial charge in [-0.2, -0.15) is 0 Å². The highest BCUT2D eigenvalue weighted by Gasteiger charge is 2.21. The molecular weight excluding hydrogens is 364 g/mol. The molecule has 4 heterocycles. The van der Waals surface area contributed by atoms with Crippen LogP contribution in [0, 0.1) is 0 Å². The lowest BCUT2D eigenvalue weighted by Crippen LogP contribution is -2.37. The zero-order valence-corrected chi connectivity index (χ0v) is 16.2. The molecule has 5 rings (SSSR count). The van der Waals surface area contributed by atoms with Crippen molar-refractivity contribution in [3.63, 3.8) is 0 Å². The summed E-state index contributed by atoms with van der Waals surface area (Å²) >= 11 is 0. The maximum absolute atomic E-state index is 6.18. The first-order valence-electron chi connectivity index (χ1n) is 9.68. The van der Waals surface area contributed by atoms with Crippen molar-refractivity contribution in [1.29, 1.82) is 0 Å². The Kier molecular flexibility index (Phi) is 4.37. The number of anilines is 2. The van der Waals surface area contributed by atoms with Crippen LogP contribution in [0.2, 0.25) is 0 Å². The van der Waals surface area contributed by atoms with Crippen LogP contribution in [0.4, 0.5) is 11.6 Å². The number of pyridine rings is 2. The van der Waals surface area contributed by atoms with Gasteiger partial charge in [-0.1, -0.05) is 12.1 Å². The van der Waals surface area contributed by atoms with Crippen LogP contribution in [0.25, 0.3) is 28.2 Å². The summed E-state index contributed by atoms with van der Waals surface area (Å²) in [6, 6.07) is 16.1. The lowest BCUT2D eigenvalue weighted by atomic mass is 10.2. The molecule has 1 aromatic carbocycles. The molecule has 29 heavy (non-hydrogen) atoms. The van der Waals surface area contributed by atoms with Gasteiger partial charge in [-0.15, -0.1) is 0 Å². The normalized spacial score (nSPS) is 13.6. The number of fused-ring (bicyclic) bond motifs is 1. The number of ether oxygens (including phenoxy) is 1. The highest BCUT2D eigenvalue weighted by Crippen LogP contribution is 2.32. The van der Waals surface area contributed by atoms with Crippen molar-refractivity contribution in [2.24, 2.45) is 0 Å². The highest BCUT2D eigenvalue weighted by atomic mass is 16.5. The van der Waals surface area contributed by atoms with E-state index in [1.165, 1.54) is 6.42 Å². The van der Waals surface area contributed by atoms with Crippen molar-refractivity contribution >= 4 is 22.8 Å². The Morgan fingerprint density at radius 1 is 1.03 bits per heavy atom. The molecule has 0 aliphatic carbocycles. The Morgan fingerprint density at radius 3 is 2.55 bits per heavy atom. The lowest BCUT2D eigenvalue weighted by molar-refractivity contribution is 0.185. The van der Waals surface area contributed by atoms with Crippen LogP contribution in [-0.2, 0) is 11.3 Å². The molecule has 3 aromatic heterocycles. The summed E-state index contributed by atoms with van der Waals surface area (Å²) in [5, 5.41) is 0. The summed E-state index contributed by atoms with van der Waals surface area (Å²) in [7, 11) is 1.70. The minimum absolute atomic E-state index is 0.447. The third kappa shape index (κ3) is 3.09. The van der Waals surface area contributed by atoms with Gasteiger partial charge in [0.2, 0.25) is 0 Å². The van der Waals surface area contributed by atoms with Crippen molar-refractivity contribution < 1.29 is 4.74 Å². The molecule has 0 unspecified atom stereocenters. The van der Waals surface area contributed by atoms with Crippen LogP contribution in [0.3, 0.4) is 0 Å². The number of nitrogens with zero attached hydrogens (tertiary/aromatic N) is 5. The van der Waals surface area contributed by atoms with Crippen molar-refractivity contribution in [3.05, 3.63) is 60.3 Å². The monoisotopic (exact) mass is 386 g/mol. The average molecular weight is 386 g/mol. The molecule has 4 aromatic rings. The fourth-order valence-electron chi connectivity index (χ4n) is 3.61. The topological polar surface area (TPSA) is 82.1 Å². The number of benzene rings is 1. The molecule has 1 aliphatic heterocycles. The first-order valence-corrected chi connectivity index (χ1v) is 9.68. The second-order valence-electron chi connectivity index (χ2n) is 7.16. The predicted molar refractivity (Wildman–Crippen MR) is 114 cm³/mol. The van der Waals surface area contributed by atoms with E-state index in [0.29, 0.717) is 12.4 Å². The van der Waals surface area contributed by atoms with Crippen LogP contribution in [-0.4, -0.2) is 39.7 Å². The smallest absolute Gasteiger partial charge is 0.167 e. The molecule has 0 spiro atoms. The third-order valence-corrected chi connectivity index (χ3v) is 5.25. The van der Waals surface area contributed by atoms with Gasteiger partial charge >= 0.3 is 0 Å². The van der Waals surface area contributed by atoms with Crippen LogP contribution in [0.5, 0.6) is 0 Å². The summed E-state index contributed by atoms with van der Waals surface area (Å²) in [6.07, 6.45) is 2.89.